The quantitative estimate of drug-likeness (QED) is 0.111. The molecular formula is C17H21N6O14P3. The number of phosphoric ester groups is 1. The number of fused-ring (bicyclic) bond motifs is 1. The SMILES string of the molecule is NO[C@@H]1C[C@H](n2cnc3c(=O)[nH]c(NC(=O)c4ccccc4)nc32)O[C@@H]1COP(=O)(O)OP(=O)(O)OP(=O)(O)O. The second kappa shape index (κ2) is 11.7. The van der Waals surface area contributed by atoms with Crippen molar-refractivity contribution < 1.29 is 60.8 Å². The molecule has 40 heavy (non-hydrogen) atoms. The van der Waals surface area contributed by atoms with Crippen LogP contribution in [0.1, 0.15) is 23.0 Å². The summed E-state index contributed by atoms with van der Waals surface area (Å²) in [6.07, 6.45) is -2.03. The van der Waals surface area contributed by atoms with Crippen molar-refractivity contribution in [1.82, 2.24) is 19.5 Å². The summed E-state index contributed by atoms with van der Waals surface area (Å²) in [6, 6.07) is 8.13. The fourth-order valence-electron chi connectivity index (χ4n) is 3.60. The lowest BCUT2D eigenvalue weighted by Crippen LogP contribution is -2.31. The first-order chi connectivity index (χ1) is 18.7. The number of nitrogens with two attached hydrogens (primary N) is 1. The van der Waals surface area contributed by atoms with Gasteiger partial charge in [0.05, 0.1) is 12.9 Å². The van der Waals surface area contributed by atoms with E-state index in [1.807, 2.05) is 0 Å². The molecule has 1 aromatic carbocycles. The van der Waals surface area contributed by atoms with E-state index in [0.717, 1.165) is 0 Å². The van der Waals surface area contributed by atoms with Crippen LogP contribution in [-0.4, -0.2) is 63.8 Å². The Morgan fingerprint density at radius 2 is 1.85 bits per heavy atom. The smallest absolute Gasteiger partial charge is 0.349 e. The summed E-state index contributed by atoms with van der Waals surface area (Å²) in [4.78, 5) is 76.6. The Kier molecular flexibility index (Phi) is 8.84. The van der Waals surface area contributed by atoms with Crippen molar-refractivity contribution in [1.29, 1.82) is 0 Å². The van der Waals surface area contributed by atoms with E-state index in [-0.39, 0.29) is 23.5 Å². The summed E-state index contributed by atoms with van der Waals surface area (Å²) in [6.45, 7) is -0.832. The number of rotatable bonds is 11. The summed E-state index contributed by atoms with van der Waals surface area (Å²) in [5.74, 6) is 4.55. The van der Waals surface area contributed by atoms with Crippen molar-refractivity contribution in [2.75, 3.05) is 11.9 Å². The monoisotopic (exact) mass is 626 g/mol. The number of benzene rings is 1. The third kappa shape index (κ3) is 7.54. The van der Waals surface area contributed by atoms with Crippen LogP contribution in [0.4, 0.5) is 5.95 Å². The van der Waals surface area contributed by atoms with Crippen molar-refractivity contribution >= 4 is 46.5 Å². The van der Waals surface area contributed by atoms with Gasteiger partial charge in [0.1, 0.15) is 18.4 Å². The molecule has 0 bridgehead atoms. The van der Waals surface area contributed by atoms with Gasteiger partial charge in [0.15, 0.2) is 11.2 Å². The van der Waals surface area contributed by atoms with Crippen LogP contribution in [0.25, 0.3) is 11.2 Å². The van der Waals surface area contributed by atoms with Crippen LogP contribution in [0.5, 0.6) is 0 Å². The highest BCUT2D eigenvalue weighted by Gasteiger charge is 2.43. The normalized spacial score (nSPS) is 22.6. The van der Waals surface area contributed by atoms with Gasteiger partial charge in [-0.2, -0.15) is 13.6 Å². The molecule has 3 heterocycles. The molecule has 5 atom stereocenters. The summed E-state index contributed by atoms with van der Waals surface area (Å²) < 4.78 is 53.2. The number of ether oxygens (including phenoxy) is 1. The number of imidazole rings is 1. The first-order valence-electron chi connectivity index (χ1n) is 10.8. The lowest BCUT2D eigenvalue weighted by molar-refractivity contribution is -0.0600. The number of aromatic nitrogens is 4. The predicted octanol–water partition coefficient (Wildman–Crippen LogP) is 0.262. The first kappa shape index (κ1) is 30.3. The Hall–Kier alpha value is -2.67. The van der Waals surface area contributed by atoms with Gasteiger partial charge in [-0.3, -0.25) is 33.8 Å². The summed E-state index contributed by atoms with van der Waals surface area (Å²) >= 11 is 0. The average Bonchev–Trinajstić information content (AvgIpc) is 3.45. The molecule has 218 valence electrons. The number of carbonyl (C=O) groups excluding carboxylic acids is 1. The van der Waals surface area contributed by atoms with Crippen LogP contribution in [-0.2, 0) is 36.4 Å². The third-order valence-electron chi connectivity index (χ3n) is 5.18. The second-order valence-electron chi connectivity index (χ2n) is 7.98. The van der Waals surface area contributed by atoms with E-state index in [1.54, 1.807) is 30.3 Å². The van der Waals surface area contributed by atoms with Crippen LogP contribution in [0, 0.1) is 0 Å². The molecule has 0 radical (unpaired) electrons. The number of nitrogens with one attached hydrogen (secondary N) is 2. The maximum Gasteiger partial charge on any atom is 0.490 e. The molecule has 1 saturated heterocycles. The van der Waals surface area contributed by atoms with Gasteiger partial charge in [-0.05, 0) is 12.1 Å². The van der Waals surface area contributed by atoms with Gasteiger partial charge >= 0.3 is 23.5 Å². The van der Waals surface area contributed by atoms with Crippen molar-refractivity contribution in [2.45, 2.75) is 24.9 Å². The molecule has 0 spiro atoms. The van der Waals surface area contributed by atoms with E-state index < -0.39 is 60.0 Å². The van der Waals surface area contributed by atoms with Crippen molar-refractivity contribution in [3.8, 4) is 0 Å². The molecule has 0 aliphatic carbocycles. The van der Waals surface area contributed by atoms with Gasteiger partial charge in [-0.15, -0.1) is 0 Å². The lowest BCUT2D eigenvalue weighted by atomic mass is 10.2. The average molecular weight is 626 g/mol. The number of anilines is 1. The fraction of sp³-hybridized carbons (Fsp3) is 0.294. The van der Waals surface area contributed by atoms with Gasteiger partial charge in [0, 0.05) is 12.0 Å². The van der Waals surface area contributed by atoms with Gasteiger partial charge in [-0.25, -0.2) is 24.6 Å². The molecule has 3 aromatic rings. The molecule has 23 heteroatoms. The summed E-state index contributed by atoms with van der Waals surface area (Å²) in [5.41, 5.74) is -0.495. The Balaban J connectivity index is 1.49. The van der Waals surface area contributed by atoms with E-state index in [4.69, 9.17) is 25.3 Å². The van der Waals surface area contributed by atoms with Crippen molar-refractivity contribution in [2.24, 2.45) is 5.90 Å². The predicted molar refractivity (Wildman–Crippen MR) is 130 cm³/mol. The Bertz CT molecular complexity index is 1590. The molecule has 2 aromatic heterocycles. The first-order valence-corrected chi connectivity index (χ1v) is 15.3. The number of carbonyl (C=O) groups is 1. The highest BCUT2D eigenvalue weighted by atomic mass is 31.3. The van der Waals surface area contributed by atoms with Crippen LogP contribution in [0.2, 0.25) is 0 Å². The third-order valence-corrected chi connectivity index (χ3v) is 8.99. The molecule has 1 aliphatic rings. The van der Waals surface area contributed by atoms with Crippen molar-refractivity contribution in [3.05, 3.63) is 52.6 Å². The number of hydrogen-bond acceptors (Lipinski definition) is 13. The molecule has 20 nitrogen and oxygen atoms in total. The van der Waals surface area contributed by atoms with Gasteiger partial charge < -0.3 is 24.3 Å². The highest BCUT2D eigenvalue weighted by Crippen LogP contribution is 2.66. The van der Waals surface area contributed by atoms with Gasteiger partial charge in [0.25, 0.3) is 11.5 Å². The largest absolute Gasteiger partial charge is 0.490 e. The van der Waals surface area contributed by atoms with Crippen LogP contribution in [0.15, 0.2) is 41.5 Å². The minimum Gasteiger partial charge on any atom is -0.349 e. The number of phosphoric acid groups is 3. The standard InChI is InChI=1S/C17H21N6O14P3/c18-35-10-6-12(34-11(10)7-33-39(29,30)37-40(31,32)36-38(26,27)28)23-8-19-13-14(23)20-17(22-16(13)25)21-15(24)9-4-2-1-3-5-9/h1-5,8,10-12H,6-7,18H2,(H,29,30)(H,31,32)(H2,26,27,28)(H2,20,21,22,24,25)/t10-,11-,12-/m1/s1. The highest BCUT2D eigenvalue weighted by molar-refractivity contribution is 7.66. The minimum atomic E-state index is -5.72. The van der Waals surface area contributed by atoms with Crippen molar-refractivity contribution in [3.63, 3.8) is 0 Å². The lowest BCUT2D eigenvalue weighted by Gasteiger charge is -2.20. The number of nitrogens with zero attached hydrogens (tertiary/aromatic N) is 3. The molecular weight excluding hydrogens is 605 g/mol. The van der Waals surface area contributed by atoms with E-state index in [1.165, 1.54) is 10.9 Å². The summed E-state index contributed by atoms with van der Waals surface area (Å²) in [7, 11) is -16.7. The zero-order valence-electron chi connectivity index (χ0n) is 19.7. The van der Waals surface area contributed by atoms with Crippen LogP contribution >= 0.6 is 23.5 Å². The van der Waals surface area contributed by atoms with Crippen LogP contribution in [0.3, 0.4) is 0 Å². The molecule has 4 rings (SSSR count). The molecule has 2 unspecified atom stereocenters. The maximum atomic E-state index is 12.5. The molecule has 1 fully saturated rings. The number of amides is 1. The zero-order valence-corrected chi connectivity index (χ0v) is 22.4. The zero-order chi connectivity index (χ0) is 29.3. The van der Waals surface area contributed by atoms with E-state index in [2.05, 4.69) is 33.4 Å². The maximum absolute atomic E-state index is 12.5. The Morgan fingerprint density at radius 1 is 1.15 bits per heavy atom. The number of hydrogen-bond donors (Lipinski definition) is 7. The number of aromatic amines is 1. The molecule has 0 saturated carbocycles. The van der Waals surface area contributed by atoms with Gasteiger partial charge in [0.2, 0.25) is 5.95 Å². The fourth-order valence-corrected chi connectivity index (χ4v) is 6.63. The molecule has 1 amide bonds. The molecule has 1 aliphatic heterocycles. The number of H-pyrrole nitrogens is 1. The summed E-state index contributed by atoms with van der Waals surface area (Å²) in [5, 5.41) is 2.47. The second-order valence-corrected chi connectivity index (χ2v) is 12.4. The Morgan fingerprint density at radius 3 is 2.50 bits per heavy atom. The van der Waals surface area contributed by atoms with Crippen LogP contribution < -0.4 is 16.8 Å². The van der Waals surface area contributed by atoms with E-state index in [9.17, 15) is 33.1 Å². The Labute approximate surface area is 222 Å². The topological polar surface area (TPSA) is 297 Å². The minimum absolute atomic E-state index is 0.0126. The molecule has 8 N–H and O–H groups in total. The van der Waals surface area contributed by atoms with E-state index in [0.29, 0.717) is 5.56 Å². The van der Waals surface area contributed by atoms with Gasteiger partial charge in [-0.1, -0.05) is 18.2 Å². The van der Waals surface area contributed by atoms with E-state index >= 15 is 0 Å².